The maximum atomic E-state index is 14.1. The zero-order valence-corrected chi connectivity index (χ0v) is 70.7. The van der Waals surface area contributed by atoms with Gasteiger partial charge >= 0.3 is 71.6 Å². The molecule has 0 aromatic rings. The van der Waals surface area contributed by atoms with Gasteiger partial charge in [-0.2, -0.15) is 0 Å². The Hall–Kier alpha value is -6.16. The Balaban J connectivity index is 0.000000226. The van der Waals surface area contributed by atoms with E-state index in [1.165, 1.54) is 0 Å². The van der Waals surface area contributed by atoms with Gasteiger partial charge in [-0.1, -0.05) is 170 Å². The molecule has 0 radical (unpaired) electrons. The molecule has 14 rings (SSSR count). The van der Waals surface area contributed by atoms with E-state index in [4.69, 9.17) is 38.6 Å². The number of esters is 8. The van der Waals surface area contributed by atoms with Crippen LogP contribution in [0.5, 0.6) is 0 Å². The fourth-order valence-electron chi connectivity index (χ4n) is 27.7. The number of hydrogen-bond donors (Lipinski definition) is 4. The maximum absolute atomic E-state index is 14.1. The van der Waals surface area contributed by atoms with Crippen molar-refractivity contribution in [1.82, 2.24) is 0 Å². The Morgan fingerprint density at radius 1 is 0.470 bits per heavy atom. The number of cyclic esters (lactones) is 8. The minimum absolute atomic E-state index is 0.000845. The van der Waals surface area contributed by atoms with Crippen molar-refractivity contribution in [2.75, 3.05) is 6.61 Å². The SMILES string of the molecule is CCCCC/C=C/C(CC(CCCCCCCC(=O)O)C1CC(=O)OC1=O)OC1C(C(C)C)C2CC3C4(C)CCCC(C)(C(=O)O)C4CCC13C1C(=O)OC(=O)C21.CCCCC/C=C/C(COC1C(C(C)C)C2CC3C4(C)CCCC(C)(C(=O)O)C4CCC13C1C(=O)OC(=O)C21)CC(CCCCCCCC(=O)O)C1CC(=O)OC1=O. The average Bonchev–Trinajstić information content (AvgIpc) is 1.66. The zero-order valence-electron chi connectivity index (χ0n) is 70.7. The molecule has 26 atom stereocenters. The average molecular weight is 1610 g/mol. The third-order valence-corrected chi connectivity index (χ3v) is 32.6. The van der Waals surface area contributed by atoms with Gasteiger partial charge in [0.1, 0.15) is 0 Å². The quantitative estimate of drug-likeness (QED) is 0.0145. The van der Waals surface area contributed by atoms with E-state index in [9.17, 15) is 67.7 Å². The number of hydrogen-bond acceptors (Lipinski definition) is 18. The Kier molecular flexibility index (Phi) is 29.3. The van der Waals surface area contributed by atoms with E-state index in [1.807, 2.05) is 13.8 Å². The van der Waals surface area contributed by atoms with Crippen LogP contribution in [0.15, 0.2) is 24.3 Å². The second kappa shape index (κ2) is 37.6. The summed E-state index contributed by atoms with van der Waals surface area (Å²) in [5, 5.41) is 39.3. The lowest BCUT2D eigenvalue weighted by Crippen LogP contribution is -2.73. The van der Waals surface area contributed by atoms with Gasteiger partial charge in [0, 0.05) is 29.6 Å². The topological polar surface area (TPSA) is 341 Å². The summed E-state index contributed by atoms with van der Waals surface area (Å²) >= 11 is 0. The highest BCUT2D eigenvalue weighted by Crippen LogP contribution is 2.79. The van der Waals surface area contributed by atoms with Crippen molar-refractivity contribution in [2.24, 2.45) is 145 Å². The highest BCUT2D eigenvalue weighted by atomic mass is 16.6. The van der Waals surface area contributed by atoms with Crippen LogP contribution in [0, 0.1) is 145 Å². The predicted octanol–water partition coefficient (Wildman–Crippen LogP) is 17.7. The normalized spacial score (nSPS) is 37.9. The summed E-state index contributed by atoms with van der Waals surface area (Å²) in [6.07, 6.45) is 35.4. The number of unbranched alkanes of at least 4 members (excludes halogenated alkanes) is 14. The summed E-state index contributed by atoms with van der Waals surface area (Å²) in [6, 6.07) is 0. The number of carbonyl (C=O) groups is 12. The molecule has 0 aromatic carbocycles. The number of allylic oxidation sites excluding steroid dienone is 2. The van der Waals surface area contributed by atoms with Crippen LogP contribution in [0.3, 0.4) is 0 Å². The van der Waals surface area contributed by atoms with E-state index >= 15 is 0 Å². The molecular weight excluding hydrogens is 1470 g/mol. The fourth-order valence-corrected chi connectivity index (χ4v) is 27.7. The van der Waals surface area contributed by atoms with Crippen molar-refractivity contribution in [2.45, 2.75) is 332 Å². The van der Waals surface area contributed by atoms with Gasteiger partial charge < -0.3 is 48.8 Å². The van der Waals surface area contributed by atoms with Crippen LogP contribution >= 0.6 is 0 Å². The number of carboxylic acids is 4. The van der Waals surface area contributed by atoms with E-state index in [2.05, 4.69) is 79.7 Å². The molecule has 4 heterocycles. The van der Waals surface area contributed by atoms with Crippen molar-refractivity contribution in [1.29, 1.82) is 0 Å². The van der Waals surface area contributed by atoms with E-state index in [0.717, 1.165) is 148 Å². The molecule has 2 spiro atoms. The molecule has 4 aliphatic heterocycles. The van der Waals surface area contributed by atoms with E-state index in [0.29, 0.717) is 77.2 Å². The molecule has 4 saturated heterocycles. The molecule has 10 saturated carbocycles. The minimum Gasteiger partial charge on any atom is -0.481 e. The van der Waals surface area contributed by atoms with Gasteiger partial charge in [-0.3, -0.25) is 57.5 Å². The van der Waals surface area contributed by atoms with E-state index < -0.39 is 141 Å². The molecule has 4 bridgehead atoms. The Bertz CT molecular complexity index is 3610. The lowest BCUT2D eigenvalue weighted by molar-refractivity contribution is -0.293. The zero-order chi connectivity index (χ0) is 83.3. The van der Waals surface area contributed by atoms with Crippen LogP contribution < -0.4 is 0 Å². The van der Waals surface area contributed by atoms with Crippen LogP contribution in [0.4, 0.5) is 0 Å². The number of rotatable bonds is 41. The summed E-state index contributed by atoms with van der Waals surface area (Å²) in [4.78, 5) is 154. The van der Waals surface area contributed by atoms with Gasteiger partial charge in [-0.05, 0) is 224 Å². The van der Waals surface area contributed by atoms with E-state index in [1.54, 1.807) is 0 Å². The number of carbonyl (C=O) groups excluding carboxylic acids is 8. The lowest BCUT2D eigenvalue weighted by atomic mass is 9.31. The van der Waals surface area contributed by atoms with Gasteiger partial charge in [-0.15, -0.1) is 0 Å². The molecule has 10 aliphatic carbocycles. The summed E-state index contributed by atoms with van der Waals surface area (Å²) < 4.78 is 36.3. The van der Waals surface area contributed by atoms with Crippen molar-refractivity contribution in [3.63, 3.8) is 0 Å². The maximum Gasteiger partial charge on any atom is 0.318 e. The van der Waals surface area contributed by atoms with Crippen LogP contribution in [0.2, 0.25) is 0 Å². The molecular formula is C93H138O22. The van der Waals surface area contributed by atoms with Gasteiger partial charge in [0.2, 0.25) is 0 Å². The highest BCUT2D eigenvalue weighted by molar-refractivity contribution is 5.99. The smallest absolute Gasteiger partial charge is 0.318 e. The Morgan fingerprint density at radius 2 is 0.887 bits per heavy atom. The molecule has 26 unspecified atom stereocenters. The van der Waals surface area contributed by atoms with Gasteiger partial charge in [0.15, 0.2) is 0 Å². The second-order valence-corrected chi connectivity index (χ2v) is 39.7. The van der Waals surface area contributed by atoms with Crippen molar-refractivity contribution < 1.29 is 106 Å². The van der Waals surface area contributed by atoms with Crippen LogP contribution in [0.25, 0.3) is 0 Å². The van der Waals surface area contributed by atoms with Crippen LogP contribution in [0.1, 0.15) is 313 Å². The first-order valence-corrected chi connectivity index (χ1v) is 45.2. The van der Waals surface area contributed by atoms with Gasteiger partial charge in [0.05, 0.1) is 84.1 Å². The number of carboxylic acid groups (broad SMARTS) is 4. The minimum atomic E-state index is -0.884. The monoisotopic (exact) mass is 1610 g/mol. The van der Waals surface area contributed by atoms with Crippen LogP contribution in [-0.2, 0) is 86.0 Å². The predicted molar refractivity (Wildman–Crippen MR) is 425 cm³/mol. The first-order valence-electron chi connectivity index (χ1n) is 45.2. The third-order valence-electron chi connectivity index (χ3n) is 32.6. The molecule has 0 aromatic heterocycles. The lowest BCUT2D eigenvalue weighted by Gasteiger charge is -2.72. The summed E-state index contributed by atoms with van der Waals surface area (Å²) in [5.74, 6) is -10.9. The second-order valence-electron chi connectivity index (χ2n) is 39.7. The molecule has 14 aliphatic rings. The van der Waals surface area contributed by atoms with Crippen molar-refractivity contribution in [3.8, 4) is 0 Å². The van der Waals surface area contributed by atoms with Crippen molar-refractivity contribution in [3.05, 3.63) is 24.3 Å². The number of aliphatic carboxylic acids is 4. The summed E-state index contributed by atoms with van der Waals surface area (Å²) in [5.41, 5.74) is -3.90. The molecule has 22 heteroatoms. The molecule has 4 N–H and O–H groups in total. The van der Waals surface area contributed by atoms with E-state index in [-0.39, 0.29) is 120 Å². The Morgan fingerprint density at radius 3 is 1.30 bits per heavy atom. The summed E-state index contributed by atoms with van der Waals surface area (Å²) in [7, 11) is 0. The molecule has 14 fully saturated rings. The van der Waals surface area contributed by atoms with Crippen LogP contribution in [-0.4, -0.2) is 117 Å². The molecule has 22 nitrogen and oxygen atoms in total. The first kappa shape index (κ1) is 89.6. The Labute approximate surface area is 682 Å². The fraction of sp³-hybridized carbons (Fsp3) is 0.828. The van der Waals surface area contributed by atoms with Gasteiger partial charge in [0.25, 0.3) is 0 Å². The molecule has 115 heavy (non-hydrogen) atoms. The molecule has 642 valence electrons. The summed E-state index contributed by atoms with van der Waals surface area (Å²) in [6.45, 7) is 21.8. The van der Waals surface area contributed by atoms with Gasteiger partial charge in [-0.25, -0.2) is 0 Å². The standard InChI is InChI=1S/C47H70O11.C46H68O11/c1-6-7-8-10-13-17-29(24-30(31-26-36(50)57-41(31)51)18-14-11-9-12-15-19-35(48)49)27-56-40-37(28(2)3)32-25-34-45(4)21-16-22-46(5,44(54)55)33(45)20-23-47(34,40)39-38(32)42(52)58-43(39)53;1-6-7-8-10-14-18-29(24-28(30-26-35(49)56-40(30)50)17-13-11-9-12-15-19-34(47)48)55-39-36(27(2)3)31-25-33-44(4)21-16-22-45(5,43(53)54)32(44)20-23-46(33,39)38-37(31)41(51)57-42(38)52/h13,17,28-34,37-40H,6-12,14-16,18-27H2,1-5H3,(H,48,49)(H,54,55);14,18,27-33,36-39H,6-13,15-17,19-26H2,1-5H3,(H,47,48)(H,53,54)/b17-13+;18-14+. The first-order chi connectivity index (χ1) is 54.7. The molecule has 0 amide bonds. The number of fused-ring (bicyclic) bond motifs is 4. The largest absolute Gasteiger partial charge is 0.481 e. The third kappa shape index (κ3) is 17.8. The number of ether oxygens (including phenoxy) is 6. The highest BCUT2D eigenvalue weighted by Gasteiger charge is 2.81. The van der Waals surface area contributed by atoms with Crippen molar-refractivity contribution >= 4 is 71.6 Å².